The molecular formula is C27H29FN4O. The predicted octanol–water partition coefficient (Wildman–Crippen LogP) is 5.96. The molecule has 6 heteroatoms. The van der Waals surface area contributed by atoms with E-state index in [1.54, 1.807) is 23.1 Å². The molecule has 2 unspecified atom stereocenters. The van der Waals surface area contributed by atoms with Crippen LogP contribution in [0.5, 0.6) is 0 Å². The van der Waals surface area contributed by atoms with Crippen molar-refractivity contribution in [2.75, 3.05) is 4.90 Å². The molecule has 2 aliphatic carbocycles. The normalized spacial score (nSPS) is 23.7. The van der Waals surface area contributed by atoms with Gasteiger partial charge in [0.25, 0.3) is 5.91 Å². The van der Waals surface area contributed by atoms with Gasteiger partial charge in [-0.05, 0) is 37.8 Å². The average Bonchev–Trinajstić information content (AvgIpc) is 3.32. The Morgan fingerprint density at radius 1 is 0.909 bits per heavy atom. The first-order valence-corrected chi connectivity index (χ1v) is 12.3. The maximum atomic E-state index is 14.7. The standard InChI is InChI=1S/C27H29FN4O/c28-22-15-7-5-13-20(22)25(33)31-23-16-8-6-14-21(23)27(17-9-2-10-18-27)32-26(31)29-24(30-32)19-11-3-1-4-12-19/h1,3-5,7,11-13,15,21,23H,2,6,8-10,14,16-18H2. The summed E-state index contributed by atoms with van der Waals surface area (Å²) in [5.41, 5.74) is 0.939. The van der Waals surface area contributed by atoms with Gasteiger partial charge in [0, 0.05) is 17.5 Å². The summed E-state index contributed by atoms with van der Waals surface area (Å²) in [4.78, 5) is 20.6. The molecule has 2 saturated carbocycles. The lowest BCUT2D eigenvalue weighted by atomic mass is 9.64. The van der Waals surface area contributed by atoms with E-state index >= 15 is 0 Å². The van der Waals surface area contributed by atoms with Gasteiger partial charge >= 0.3 is 0 Å². The van der Waals surface area contributed by atoms with Crippen molar-refractivity contribution in [2.24, 2.45) is 5.92 Å². The molecule has 0 saturated heterocycles. The van der Waals surface area contributed by atoms with Crippen LogP contribution >= 0.6 is 0 Å². The minimum atomic E-state index is -0.484. The van der Waals surface area contributed by atoms with E-state index in [0.717, 1.165) is 37.7 Å². The lowest BCUT2D eigenvalue weighted by Crippen LogP contribution is -2.61. The number of halogens is 1. The van der Waals surface area contributed by atoms with Crippen LogP contribution in [-0.2, 0) is 5.54 Å². The maximum Gasteiger partial charge on any atom is 0.263 e. The van der Waals surface area contributed by atoms with E-state index in [4.69, 9.17) is 10.1 Å². The van der Waals surface area contributed by atoms with Crippen LogP contribution in [0.4, 0.5) is 10.3 Å². The molecular weight excluding hydrogens is 415 g/mol. The van der Waals surface area contributed by atoms with Gasteiger partial charge in [0.1, 0.15) is 5.82 Å². The van der Waals surface area contributed by atoms with Crippen molar-refractivity contribution in [1.82, 2.24) is 14.8 Å². The zero-order chi connectivity index (χ0) is 22.4. The molecule has 1 amide bonds. The van der Waals surface area contributed by atoms with Gasteiger partial charge in [-0.25, -0.2) is 9.07 Å². The number of hydrogen-bond acceptors (Lipinski definition) is 3. The first kappa shape index (κ1) is 20.6. The number of rotatable bonds is 2. The molecule has 2 atom stereocenters. The molecule has 0 bridgehead atoms. The minimum absolute atomic E-state index is 0.0317. The van der Waals surface area contributed by atoms with Gasteiger partial charge in [0.15, 0.2) is 5.82 Å². The molecule has 2 aromatic carbocycles. The molecule has 3 aliphatic rings. The fraction of sp³-hybridized carbons (Fsp3) is 0.444. The summed E-state index contributed by atoms with van der Waals surface area (Å²) in [6.45, 7) is 0. The van der Waals surface area contributed by atoms with Crippen LogP contribution in [0.1, 0.15) is 68.1 Å². The molecule has 3 aromatic rings. The highest BCUT2D eigenvalue weighted by atomic mass is 19.1. The van der Waals surface area contributed by atoms with Crippen LogP contribution in [0.2, 0.25) is 0 Å². The van der Waals surface area contributed by atoms with Crippen molar-refractivity contribution < 1.29 is 9.18 Å². The molecule has 1 aliphatic heterocycles. The topological polar surface area (TPSA) is 51.0 Å². The fourth-order valence-electron chi connectivity index (χ4n) is 6.57. The predicted molar refractivity (Wildman–Crippen MR) is 125 cm³/mol. The summed E-state index contributed by atoms with van der Waals surface area (Å²) >= 11 is 0. The molecule has 5 nitrogen and oxygen atoms in total. The Hall–Kier alpha value is -3.02. The summed E-state index contributed by atoms with van der Waals surface area (Å²) < 4.78 is 16.8. The van der Waals surface area contributed by atoms with E-state index in [0.29, 0.717) is 17.7 Å². The molecule has 2 heterocycles. The minimum Gasteiger partial charge on any atom is -0.273 e. The van der Waals surface area contributed by atoms with E-state index in [2.05, 4.69) is 4.68 Å². The molecule has 2 fully saturated rings. The van der Waals surface area contributed by atoms with Gasteiger partial charge in [-0.1, -0.05) is 74.6 Å². The monoisotopic (exact) mass is 444 g/mol. The first-order chi connectivity index (χ1) is 16.2. The van der Waals surface area contributed by atoms with Crippen molar-refractivity contribution in [3.63, 3.8) is 0 Å². The lowest BCUT2D eigenvalue weighted by molar-refractivity contribution is 0.0313. The number of carbonyl (C=O) groups excluding carboxylic acids is 1. The van der Waals surface area contributed by atoms with Crippen molar-refractivity contribution in [3.8, 4) is 11.4 Å². The number of anilines is 1. The molecule has 170 valence electrons. The highest BCUT2D eigenvalue weighted by molar-refractivity contribution is 6.06. The van der Waals surface area contributed by atoms with Crippen LogP contribution in [0.25, 0.3) is 11.4 Å². The van der Waals surface area contributed by atoms with Crippen molar-refractivity contribution in [2.45, 2.75) is 69.4 Å². The zero-order valence-corrected chi connectivity index (χ0v) is 18.8. The Balaban J connectivity index is 1.56. The molecule has 33 heavy (non-hydrogen) atoms. The Labute approximate surface area is 193 Å². The second-order valence-electron chi connectivity index (χ2n) is 9.79. The van der Waals surface area contributed by atoms with E-state index in [1.807, 2.05) is 30.3 Å². The number of nitrogens with zero attached hydrogens (tertiary/aromatic N) is 4. The third-order valence-corrected chi connectivity index (χ3v) is 8.05. The second-order valence-corrected chi connectivity index (χ2v) is 9.79. The van der Waals surface area contributed by atoms with Gasteiger partial charge in [0.05, 0.1) is 11.1 Å². The van der Waals surface area contributed by atoms with E-state index in [9.17, 15) is 9.18 Å². The lowest BCUT2D eigenvalue weighted by Gasteiger charge is -2.55. The van der Waals surface area contributed by atoms with Crippen LogP contribution < -0.4 is 4.90 Å². The largest absolute Gasteiger partial charge is 0.273 e. The van der Waals surface area contributed by atoms with Crippen LogP contribution in [0, 0.1) is 11.7 Å². The quantitative estimate of drug-likeness (QED) is 0.490. The van der Waals surface area contributed by atoms with Crippen LogP contribution in [0.3, 0.4) is 0 Å². The highest BCUT2D eigenvalue weighted by Gasteiger charge is 2.55. The van der Waals surface area contributed by atoms with Gasteiger partial charge in [-0.3, -0.25) is 9.69 Å². The first-order valence-electron chi connectivity index (χ1n) is 12.3. The SMILES string of the molecule is O=C(c1ccccc1F)N1c2nc(-c3ccccc3)nn2C2(CCCCC2)C2CCCCC21. The van der Waals surface area contributed by atoms with Gasteiger partial charge < -0.3 is 0 Å². The molecule has 1 spiro atoms. The zero-order valence-electron chi connectivity index (χ0n) is 18.8. The molecule has 0 N–H and O–H groups in total. The summed E-state index contributed by atoms with van der Waals surface area (Å²) in [5, 5.41) is 5.06. The number of hydrogen-bond donors (Lipinski definition) is 0. The second kappa shape index (κ2) is 8.08. The number of fused-ring (bicyclic) bond motifs is 4. The third kappa shape index (κ3) is 3.22. The summed E-state index contributed by atoms with van der Waals surface area (Å²) in [7, 11) is 0. The number of benzene rings is 2. The van der Waals surface area contributed by atoms with Crippen LogP contribution in [0.15, 0.2) is 54.6 Å². The van der Waals surface area contributed by atoms with Crippen molar-refractivity contribution in [1.29, 1.82) is 0 Å². The molecule has 6 rings (SSSR count). The van der Waals surface area contributed by atoms with Gasteiger partial charge in [-0.2, -0.15) is 4.98 Å². The summed E-state index contributed by atoms with van der Waals surface area (Å²) in [6.07, 6.45) is 9.98. The van der Waals surface area contributed by atoms with Gasteiger partial charge in [-0.15, -0.1) is 5.10 Å². The number of amides is 1. The molecule has 1 aromatic heterocycles. The van der Waals surface area contributed by atoms with Crippen molar-refractivity contribution in [3.05, 3.63) is 66.0 Å². The maximum absolute atomic E-state index is 14.7. The van der Waals surface area contributed by atoms with E-state index in [1.165, 1.54) is 31.7 Å². The van der Waals surface area contributed by atoms with E-state index < -0.39 is 5.82 Å². The summed E-state index contributed by atoms with van der Waals surface area (Å²) in [6, 6.07) is 16.3. The van der Waals surface area contributed by atoms with Gasteiger partial charge in [0.2, 0.25) is 5.95 Å². The Morgan fingerprint density at radius 2 is 1.64 bits per heavy atom. The fourth-order valence-corrected chi connectivity index (χ4v) is 6.57. The highest BCUT2D eigenvalue weighted by Crippen LogP contribution is 2.53. The van der Waals surface area contributed by atoms with E-state index in [-0.39, 0.29) is 23.1 Å². The van der Waals surface area contributed by atoms with Crippen LogP contribution in [-0.4, -0.2) is 26.7 Å². The smallest absolute Gasteiger partial charge is 0.263 e. The van der Waals surface area contributed by atoms with Crippen molar-refractivity contribution >= 4 is 11.9 Å². The molecule has 0 radical (unpaired) electrons. The Morgan fingerprint density at radius 3 is 2.42 bits per heavy atom. The summed E-state index contributed by atoms with van der Waals surface area (Å²) in [5.74, 6) is 0.763. The average molecular weight is 445 g/mol. The number of carbonyl (C=O) groups is 1. The Bertz CT molecular complexity index is 1170. The Kier molecular flexibility index (Phi) is 5.04. The number of aromatic nitrogens is 3. The third-order valence-electron chi connectivity index (χ3n) is 8.05.